The Morgan fingerprint density at radius 3 is 2.62 bits per heavy atom. The second kappa shape index (κ2) is 7.63. The molecule has 0 bridgehead atoms. The van der Waals surface area contributed by atoms with Gasteiger partial charge in [0.15, 0.2) is 6.04 Å². The van der Waals surface area contributed by atoms with Crippen LogP contribution >= 0.6 is 0 Å². The second-order valence-corrected chi connectivity index (χ2v) is 6.95. The number of carbonyl (C=O) groups is 2. The highest BCUT2D eigenvalue weighted by atomic mass is 16.4. The second-order valence-electron chi connectivity index (χ2n) is 6.95. The van der Waals surface area contributed by atoms with Gasteiger partial charge in [0.2, 0.25) is 11.7 Å². The zero-order chi connectivity index (χ0) is 18.7. The molecule has 0 aliphatic carbocycles. The Morgan fingerprint density at radius 2 is 1.96 bits per heavy atom. The van der Waals surface area contributed by atoms with Gasteiger partial charge in [-0.05, 0) is 24.0 Å². The summed E-state index contributed by atoms with van der Waals surface area (Å²) >= 11 is 0. The Balaban J connectivity index is 1.82. The van der Waals surface area contributed by atoms with Crippen LogP contribution in [0.2, 0.25) is 0 Å². The molecule has 1 aliphatic heterocycles. The fourth-order valence-electron chi connectivity index (χ4n) is 3.26. The number of rotatable bonds is 5. The van der Waals surface area contributed by atoms with Crippen LogP contribution in [0.15, 0.2) is 30.3 Å². The van der Waals surface area contributed by atoms with E-state index in [1.807, 2.05) is 44.2 Å². The monoisotopic (exact) mass is 357 g/mol. The van der Waals surface area contributed by atoms with Crippen molar-refractivity contribution in [3.05, 3.63) is 30.3 Å². The van der Waals surface area contributed by atoms with Crippen molar-refractivity contribution >= 4 is 11.9 Å². The van der Waals surface area contributed by atoms with Crippen molar-refractivity contribution in [1.29, 1.82) is 0 Å². The van der Waals surface area contributed by atoms with Gasteiger partial charge in [-0.3, -0.25) is 9.59 Å². The molecule has 0 spiro atoms. The number of carbonyl (C=O) groups excluding carboxylic acids is 1. The fraction of sp³-hybridized carbons (Fsp3) is 0.500. The Bertz CT molecular complexity index is 774. The van der Waals surface area contributed by atoms with Gasteiger partial charge in [0.1, 0.15) is 0 Å². The lowest BCUT2D eigenvalue weighted by molar-refractivity contribution is -0.147. The highest BCUT2D eigenvalue weighted by molar-refractivity contribution is 5.81. The maximum absolute atomic E-state index is 13.1. The molecule has 8 heteroatoms. The molecule has 26 heavy (non-hydrogen) atoms. The van der Waals surface area contributed by atoms with Crippen molar-refractivity contribution in [2.45, 2.75) is 32.7 Å². The van der Waals surface area contributed by atoms with Gasteiger partial charge < -0.3 is 10.0 Å². The molecule has 1 saturated heterocycles. The number of aromatic nitrogens is 4. The van der Waals surface area contributed by atoms with Gasteiger partial charge in [-0.15, -0.1) is 10.2 Å². The number of amides is 1. The highest BCUT2D eigenvalue weighted by Crippen LogP contribution is 2.24. The van der Waals surface area contributed by atoms with E-state index in [1.54, 1.807) is 4.90 Å². The molecule has 0 radical (unpaired) electrons. The molecule has 3 rings (SSSR count). The Hall–Kier alpha value is -2.77. The molecule has 1 aliphatic rings. The van der Waals surface area contributed by atoms with E-state index in [0.29, 0.717) is 25.2 Å². The number of aliphatic carboxylic acids is 1. The molecule has 1 amide bonds. The smallest absolute Gasteiger partial charge is 0.308 e. The standard InChI is InChI=1S/C18H23N5O3/c1-12(2)15(17(24)22-10-6-9-14(11-22)18(25)26)23-20-16(19-21-23)13-7-4-3-5-8-13/h3-5,7-8,12,14-15H,6,9-11H2,1-2H3,(H,25,26). The number of carboxylic acids is 1. The topological polar surface area (TPSA) is 101 Å². The third kappa shape index (κ3) is 3.74. The van der Waals surface area contributed by atoms with E-state index >= 15 is 0 Å². The third-order valence-electron chi connectivity index (χ3n) is 4.68. The molecule has 0 saturated carbocycles. The molecule has 2 aromatic rings. The lowest BCUT2D eigenvalue weighted by atomic mass is 9.96. The van der Waals surface area contributed by atoms with E-state index in [4.69, 9.17) is 0 Å². The van der Waals surface area contributed by atoms with Crippen molar-refractivity contribution < 1.29 is 14.7 Å². The summed E-state index contributed by atoms with van der Waals surface area (Å²) in [6.07, 6.45) is 1.29. The Morgan fingerprint density at radius 1 is 1.23 bits per heavy atom. The number of benzene rings is 1. The van der Waals surface area contributed by atoms with Crippen molar-refractivity contribution in [1.82, 2.24) is 25.1 Å². The molecule has 1 aromatic carbocycles. The highest BCUT2D eigenvalue weighted by Gasteiger charge is 2.35. The van der Waals surface area contributed by atoms with E-state index in [1.165, 1.54) is 4.80 Å². The van der Waals surface area contributed by atoms with Crippen molar-refractivity contribution in [3.8, 4) is 11.4 Å². The van der Waals surface area contributed by atoms with E-state index < -0.39 is 17.9 Å². The van der Waals surface area contributed by atoms with Gasteiger partial charge >= 0.3 is 5.97 Å². The maximum atomic E-state index is 13.1. The van der Waals surface area contributed by atoms with Gasteiger partial charge in [0.05, 0.1) is 5.92 Å². The number of tetrazole rings is 1. The Labute approximate surface area is 151 Å². The van der Waals surface area contributed by atoms with Gasteiger partial charge in [0.25, 0.3) is 0 Å². The summed E-state index contributed by atoms with van der Waals surface area (Å²) in [5.74, 6) is -1.10. The SMILES string of the molecule is CC(C)C(C(=O)N1CCCC(C(=O)O)C1)n1nnc(-c2ccccc2)n1. The van der Waals surface area contributed by atoms with Crippen LogP contribution in [0.5, 0.6) is 0 Å². The predicted molar refractivity (Wildman–Crippen MR) is 94.1 cm³/mol. The number of piperidine rings is 1. The minimum Gasteiger partial charge on any atom is -0.481 e. The van der Waals surface area contributed by atoms with Crippen LogP contribution in [0.3, 0.4) is 0 Å². The molecule has 2 heterocycles. The minimum absolute atomic E-state index is 0.0504. The fourth-order valence-corrected chi connectivity index (χ4v) is 3.26. The average molecular weight is 357 g/mol. The molecule has 1 N–H and O–H groups in total. The zero-order valence-electron chi connectivity index (χ0n) is 14.9. The van der Waals surface area contributed by atoms with Gasteiger partial charge in [-0.25, -0.2) is 0 Å². The number of carboxylic acid groups (broad SMARTS) is 1. The molecule has 1 aromatic heterocycles. The van der Waals surface area contributed by atoms with E-state index in [-0.39, 0.29) is 18.4 Å². The van der Waals surface area contributed by atoms with Gasteiger partial charge in [-0.2, -0.15) is 4.80 Å². The van der Waals surface area contributed by atoms with Crippen molar-refractivity contribution in [3.63, 3.8) is 0 Å². The molecule has 8 nitrogen and oxygen atoms in total. The lowest BCUT2D eigenvalue weighted by Gasteiger charge is -2.33. The number of likely N-dealkylation sites (tertiary alicyclic amines) is 1. The maximum Gasteiger partial charge on any atom is 0.308 e. The summed E-state index contributed by atoms with van der Waals surface area (Å²) in [5, 5.41) is 21.8. The van der Waals surface area contributed by atoms with Crippen molar-refractivity contribution in [2.24, 2.45) is 11.8 Å². The van der Waals surface area contributed by atoms with Gasteiger partial charge in [-0.1, -0.05) is 44.2 Å². The molecular formula is C18H23N5O3. The molecular weight excluding hydrogens is 334 g/mol. The number of nitrogens with zero attached hydrogens (tertiary/aromatic N) is 5. The van der Waals surface area contributed by atoms with Gasteiger partial charge in [0, 0.05) is 18.7 Å². The largest absolute Gasteiger partial charge is 0.481 e. The van der Waals surface area contributed by atoms with Crippen LogP contribution in [-0.2, 0) is 9.59 Å². The van der Waals surface area contributed by atoms with Crippen LogP contribution < -0.4 is 0 Å². The van der Waals surface area contributed by atoms with Crippen LogP contribution in [0.1, 0.15) is 32.7 Å². The van der Waals surface area contributed by atoms with Crippen LogP contribution in [0.25, 0.3) is 11.4 Å². The minimum atomic E-state index is -0.853. The van der Waals surface area contributed by atoms with E-state index in [2.05, 4.69) is 15.4 Å². The molecule has 2 unspecified atom stereocenters. The summed E-state index contributed by atoms with van der Waals surface area (Å²) < 4.78 is 0. The lowest BCUT2D eigenvalue weighted by Crippen LogP contribution is -2.46. The third-order valence-corrected chi connectivity index (χ3v) is 4.68. The van der Waals surface area contributed by atoms with Crippen LogP contribution in [-0.4, -0.2) is 55.2 Å². The first-order chi connectivity index (χ1) is 12.5. The normalized spacial score (nSPS) is 18.7. The summed E-state index contributed by atoms with van der Waals surface area (Å²) in [4.78, 5) is 27.3. The Kier molecular flexibility index (Phi) is 5.29. The zero-order valence-corrected chi connectivity index (χ0v) is 14.9. The average Bonchev–Trinajstić information content (AvgIpc) is 3.12. The number of hydrogen-bond donors (Lipinski definition) is 1. The van der Waals surface area contributed by atoms with Crippen LogP contribution in [0.4, 0.5) is 0 Å². The van der Waals surface area contributed by atoms with Crippen LogP contribution in [0, 0.1) is 11.8 Å². The molecule has 1 fully saturated rings. The summed E-state index contributed by atoms with van der Waals surface area (Å²) in [6.45, 7) is 4.64. The van der Waals surface area contributed by atoms with E-state index in [9.17, 15) is 14.7 Å². The first-order valence-corrected chi connectivity index (χ1v) is 8.84. The first-order valence-electron chi connectivity index (χ1n) is 8.84. The predicted octanol–water partition coefficient (Wildman–Crippen LogP) is 1.86. The quantitative estimate of drug-likeness (QED) is 0.876. The van der Waals surface area contributed by atoms with E-state index in [0.717, 1.165) is 5.56 Å². The number of hydrogen-bond acceptors (Lipinski definition) is 5. The first kappa shape index (κ1) is 18.0. The summed E-state index contributed by atoms with van der Waals surface area (Å²) in [7, 11) is 0. The summed E-state index contributed by atoms with van der Waals surface area (Å²) in [6, 6.07) is 8.85. The molecule has 138 valence electrons. The summed E-state index contributed by atoms with van der Waals surface area (Å²) in [5.41, 5.74) is 0.831. The molecule has 2 atom stereocenters. The van der Waals surface area contributed by atoms with Crippen molar-refractivity contribution in [2.75, 3.05) is 13.1 Å².